The lowest BCUT2D eigenvalue weighted by Crippen LogP contribution is -2.37. The largest absolute Gasteiger partial charge is 0.481 e. The van der Waals surface area contributed by atoms with Crippen molar-refractivity contribution in [2.24, 2.45) is 5.73 Å². The predicted molar refractivity (Wildman–Crippen MR) is 66.4 cm³/mol. The van der Waals surface area contributed by atoms with E-state index >= 15 is 0 Å². The van der Waals surface area contributed by atoms with Crippen molar-refractivity contribution in [3.63, 3.8) is 0 Å². The van der Waals surface area contributed by atoms with Gasteiger partial charge in [-0.2, -0.15) is 0 Å². The highest BCUT2D eigenvalue weighted by molar-refractivity contribution is 6.40. The molecule has 0 aromatic rings. The van der Waals surface area contributed by atoms with Gasteiger partial charge in [-0.25, -0.2) is 0 Å². The molecule has 17 heavy (non-hydrogen) atoms. The number of aliphatic hydroxyl groups excluding tert-OH is 1. The Balaban J connectivity index is 0. The molecule has 2 atom stereocenters. The lowest BCUT2D eigenvalue weighted by molar-refractivity contribution is -0.134. The normalized spacial score (nSPS) is 22.5. The molecule has 1 aliphatic carbocycles. The first-order valence-corrected chi connectivity index (χ1v) is 5.80. The zero-order valence-corrected chi connectivity index (χ0v) is 10.5. The van der Waals surface area contributed by atoms with E-state index in [2.05, 4.69) is 0 Å². The summed E-state index contributed by atoms with van der Waals surface area (Å²) in [5.41, 5.74) is 5.53. The first kappa shape index (κ1) is 18.7. The average molecular weight is 249 g/mol. The van der Waals surface area contributed by atoms with Crippen LogP contribution in [-0.2, 0) is 4.79 Å². The van der Waals surface area contributed by atoms with Gasteiger partial charge in [0.25, 0.3) is 5.97 Å². The van der Waals surface area contributed by atoms with E-state index in [4.69, 9.17) is 30.8 Å². The van der Waals surface area contributed by atoms with Crippen LogP contribution in [0.1, 0.15) is 39.5 Å². The molecule has 0 heterocycles. The second-order valence-electron chi connectivity index (χ2n) is 3.92. The predicted octanol–water partition coefficient (Wildman–Crippen LogP) is -0.181. The van der Waals surface area contributed by atoms with E-state index in [1.165, 1.54) is 6.42 Å². The maximum absolute atomic E-state index is 9.05. The highest BCUT2D eigenvalue weighted by atomic mass is 16.4. The van der Waals surface area contributed by atoms with E-state index in [1.54, 1.807) is 6.92 Å². The van der Waals surface area contributed by atoms with Crippen molar-refractivity contribution in [3.8, 4) is 0 Å². The van der Waals surface area contributed by atoms with Crippen molar-refractivity contribution in [3.05, 3.63) is 0 Å². The summed E-state index contributed by atoms with van der Waals surface area (Å²) in [6.45, 7) is 2.78. The third-order valence-corrected chi connectivity index (χ3v) is 2.15. The summed E-state index contributed by atoms with van der Waals surface area (Å²) in [6, 6.07) is 0.0590. The smallest absolute Gasteiger partial charge is 0.451 e. The Morgan fingerprint density at radius 2 is 1.71 bits per heavy atom. The topological polar surface area (TPSA) is 124 Å². The summed E-state index contributed by atoms with van der Waals surface area (Å²) in [5.74, 6) is -0.833. The van der Waals surface area contributed by atoms with Crippen LogP contribution in [0.2, 0.25) is 6.32 Å². The molecule has 6 nitrogen and oxygen atoms in total. The minimum absolute atomic E-state index is 0.0590. The van der Waals surface area contributed by atoms with Gasteiger partial charge >= 0.3 is 7.12 Å². The van der Waals surface area contributed by atoms with Crippen LogP contribution in [0.25, 0.3) is 0 Å². The SMILES string of the molecule is CC(=O)O.CCB(O)O.N[C@H]1CCCC[C@H]1O. The van der Waals surface area contributed by atoms with Crippen LogP contribution < -0.4 is 5.73 Å². The maximum atomic E-state index is 9.05. The van der Waals surface area contributed by atoms with Gasteiger partial charge in [0.1, 0.15) is 0 Å². The highest BCUT2D eigenvalue weighted by Gasteiger charge is 2.17. The lowest BCUT2D eigenvalue weighted by atomic mass is 9.88. The molecule has 0 aromatic heterocycles. The standard InChI is InChI=1S/C6H13NO.C2H7BO2.C2H4O2/c7-5-3-1-2-4-6(5)8;1-2-3(4)5;1-2(3)4/h5-6,8H,1-4,7H2;4-5H,2H2,1H3;1H3,(H,3,4)/t5-,6+;;/m0../s1. The maximum Gasteiger partial charge on any atom is 0.451 e. The van der Waals surface area contributed by atoms with E-state index in [0.717, 1.165) is 26.2 Å². The Kier molecular flexibility index (Phi) is 13.1. The third-order valence-electron chi connectivity index (χ3n) is 2.15. The number of aliphatic hydroxyl groups is 1. The minimum atomic E-state index is -1.12. The van der Waals surface area contributed by atoms with Gasteiger partial charge in [-0.05, 0) is 19.2 Å². The van der Waals surface area contributed by atoms with E-state index in [1.807, 2.05) is 0 Å². The molecule has 0 spiro atoms. The summed E-state index contributed by atoms with van der Waals surface area (Å²) in [4.78, 5) is 9.00. The number of hydrogen-bond donors (Lipinski definition) is 5. The number of carboxylic acid groups (broad SMARTS) is 1. The third kappa shape index (κ3) is 18.0. The van der Waals surface area contributed by atoms with Crippen LogP contribution in [0.3, 0.4) is 0 Å². The summed E-state index contributed by atoms with van der Waals surface area (Å²) in [7, 11) is -1.12. The van der Waals surface area contributed by atoms with Crippen molar-refractivity contribution in [2.45, 2.75) is 58.0 Å². The molecule has 7 heteroatoms. The highest BCUT2D eigenvalue weighted by Crippen LogP contribution is 2.15. The molecule has 1 fully saturated rings. The van der Waals surface area contributed by atoms with Crippen LogP contribution in [0, 0.1) is 0 Å². The molecular formula is C10H24BNO5. The quantitative estimate of drug-likeness (QED) is 0.410. The number of aliphatic carboxylic acids is 1. The molecule has 0 unspecified atom stereocenters. The van der Waals surface area contributed by atoms with Crippen LogP contribution >= 0.6 is 0 Å². The molecule has 1 rings (SSSR count). The Morgan fingerprint density at radius 1 is 1.35 bits per heavy atom. The summed E-state index contributed by atoms with van der Waals surface area (Å²) < 4.78 is 0. The fourth-order valence-electron chi connectivity index (χ4n) is 1.14. The fourth-order valence-corrected chi connectivity index (χ4v) is 1.14. The van der Waals surface area contributed by atoms with Gasteiger partial charge in [0.15, 0.2) is 0 Å². The number of carbonyl (C=O) groups is 1. The lowest BCUT2D eigenvalue weighted by Gasteiger charge is -2.23. The molecular weight excluding hydrogens is 225 g/mol. The summed E-state index contributed by atoms with van der Waals surface area (Å²) in [6.07, 6.45) is 4.44. The van der Waals surface area contributed by atoms with Gasteiger partial charge in [-0.3, -0.25) is 4.79 Å². The molecule has 6 N–H and O–H groups in total. The van der Waals surface area contributed by atoms with Crippen molar-refractivity contribution < 1.29 is 25.1 Å². The van der Waals surface area contributed by atoms with Crippen LogP contribution in [-0.4, -0.2) is 45.5 Å². The van der Waals surface area contributed by atoms with E-state index in [-0.39, 0.29) is 12.1 Å². The number of hydrogen-bond acceptors (Lipinski definition) is 5. The van der Waals surface area contributed by atoms with E-state index < -0.39 is 13.1 Å². The molecule has 0 aromatic carbocycles. The molecule has 0 aliphatic heterocycles. The van der Waals surface area contributed by atoms with Crippen molar-refractivity contribution in [2.75, 3.05) is 0 Å². The van der Waals surface area contributed by atoms with E-state index in [9.17, 15) is 0 Å². The second-order valence-corrected chi connectivity index (χ2v) is 3.92. The van der Waals surface area contributed by atoms with Gasteiger partial charge in [0, 0.05) is 13.0 Å². The zero-order chi connectivity index (χ0) is 13.8. The van der Waals surface area contributed by atoms with Gasteiger partial charge in [0.05, 0.1) is 6.10 Å². The van der Waals surface area contributed by atoms with Gasteiger partial charge in [-0.15, -0.1) is 0 Å². The van der Waals surface area contributed by atoms with Gasteiger partial charge in [0.2, 0.25) is 0 Å². The molecule has 1 saturated carbocycles. The molecule has 0 radical (unpaired) electrons. The van der Waals surface area contributed by atoms with Gasteiger partial charge < -0.3 is 26.0 Å². The second kappa shape index (κ2) is 11.8. The number of rotatable bonds is 1. The van der Waals surface area contributed by atoms with E-state index in [0.29, 0.717) is 6.32 Å². The van der Waals surface area contributed by atoms with Crippen LogP contribution in [0.4, 0.5) is 0 Å². The average Bonchev–Trinajstić information content (AvgIpc) is 2.22. The summed E-state index contributed by atoms with van der Waals surface area (Å²) >= 11 is 0. The number of nitrogens with two attached hydrogens (primary N) is 1. The van der Waals surface area contributed by atoms with Crippen LogP contribution in [0.5, 0.6) is 0 Å². The Bertz CT molecular complexity index is 178. The monoisotopic (exact) mass is 249 g/mol. The Hall–Kier alpha value is -0.625. The molecule has 0 amide bonds. The van der Waals surface area contributed by atoms with Crippen molar-refractivity contribution in [1.82, 2.24) is 0 Å². The van der Waals surface area contributed by atoms with Crippen molar-refractivity contribution in [1.29, 1.82) is 0 Å². The minimum Gasteiger partial charge on any atom is -0.481 e. The Labute approximate surface area is 103 Å². The van der Waals surface area contributed by atoms with Gasteiger partial charge in [-0.1, -0.05) is 19.8 Å². The van der Waals surface area contributed by atoms with Crippen molar-refractivity contribution >= 4 is 13.1 Å². The molecule has 0 bridgehead atoms. The molecule has 0 saturated heterocycles. The molecule has 1 aliphatic rings. The molecule has 102 valence electrons. The fraction of sp³-hybridized carbons (Fsp3) is 0.900. The Morgan fingerprint density at radius 3 is 1.88 bits per heavy atom. The summed E-state index contributed by atoms with van der Waals surface area (Å²) in [5, 5.41) is 32.3. The zero-order valence-electron chi connectivity index (χ0n) is 10.5. The first-order chi connectivity index (χ1) is 7.81. The number of carboxylic acids is 1. The van der Waals surface area contributed by atoms with Crippen LogP contribution in [0.15, 0.2) is 0 Å². The first-order valence-electron chi connectivity index (χ1n) is 5.80.